The fraction of sp³-hybridized carbons (Fsp3) is 0.273. The number of hydrogen-bond acceptors (Lipinski definition) is 3. The molecule has 2 aromatic rings. The average molecular weight is 283 g/mol. The lowest BCUT2D eigenvalue weighted by molar-refractivity contribution is 1.06. The van der Waals surface area contributed by atoms with Crippen LogP contribution in [0.1, 0.15) is 13.8 Å². The lowest BCUT2D eigenvalue weighted by Gasteiger charge is -2.06. The van der Waals surface area contributed by atoms with Crippen molar-refractivity contribution in [3.05, 3.63) is 29.0 Å². The maximum Gasteiger partial charge on any atom is 0.117 e. The first kappa shape index (κ1) is 10.9. The third kappa shape index (κ3) is 2.49. The first-order chi connectivity index (χ1) is 7.16. The van der Waals surface area contributed by atoms with Crippen LogP contribution in [0, 0.1) is 0 Å². The van der Waals surface area contributed by atoms with E-state index in [1.807, 2.05) is 12.1 Å². The summed E-state index contributed by atoms with van der Waals surface area (Å²) in [6, 6.07) is 6.07. The van der Waals surface area contributed by atoms with Crippen molar-refractivity contribution >= 4 is 38.6 Å². The molecule has 15 heavy (non-hydrogen) atoms. The summed E-state index contributed by atoms with van der Waals surface area (Å²) in [4.78, 5) is 8.56. The van der Waals surface area contributed by atoms with Gasteiger partial charge in [-0.3, -0.25) is 0 Å². The van der Waals surface area contributed by atoms with E-state index >= 15 is 0 Å². The molecule has 0 aliphatic rings. The molecule has 0 aliphatic heterocycles. The number of hydrogen-bond donors (Lipinski definition) is 0. The van der Waals surface area contributed by atoms with Crippen LogP contribution in [0.2, 0.25) is 0 Å². The average Bonchev–Trinajstić information content (AvgIpc) is 2.18. The van der Waals surface area contributed by atoms with Crippen molar-refractivity contribution in [1.29, 1.82) is 0 Å². The lowest BCUT2D eigenvalue weighted by Crippen LogP contribution is -1.91. The van der Waals surface area contributed by atoms with Gasteiger partial charge in [-0.1, -0.05) is 29.8 Å². The van der Waals surface area contributed by atoms with Gasteiger partial charge < -0.3 is 0 Å². The summed E-state index contributed by atoms with van der Waals surface area (Å²) in [5.74, 6) is 0. The van der Waals surface area contributed by atoms with E-state index < -0.39 is 0 Å². The number of thioether (sulfide) groups is 1. The highest BCUT2D eigenvalue weighted by molar-refractivity contribution is 9.10. The fourth-order valence-electron chi connectivity index (χ4n) is 1.32. The molecule has 0 spiro atoms. The number of nitrogens with zero attached hydrogens (tertiary/aromatic N) is 2. The van der Waals surface area contributed by atoms with Gasteiger partial charge in [-0.2, -0.15) is 0 Å². The van der Waals surface area contributed by atoms with Gasteiger partial charge in [-0.15, -0.1) is 11.8 Å². The minimum atomic E-state index is 0.530. The zero-order chi connectivity index (χ0) is 10.8. The third-order valence-corrected chi connectivity index (χ3v) is 3.42. The Balaban J connectivity index is 2.58. The van der Waals surface area contributed by atoms with Crippen LogP contribution in [-0.4, -0.2) is 15.2 Å². The monoisotopic (exact) mass is 282 g/mol. The minimum Gasteiger partial charge on any atom is -0.236 e. The van der Waals surface area contributed by atoms with Crippen LogP contribution in [0.25, 0.3) is 10.9 Å². The van der Waals surface area contributed by atoms with E-state index in [9.17, 15) is 0 Å². The Morgan fingerprint density at radius 1 is 1.27 bits per heavy atom. The van der Waals surface area contributed by atoms with E-state index in [-0.39, 0.29) is 0 Å². The molecule has 0 radical (unpaired) electrons. The molecule has 1 aromatic heterocycles. The SMILES string of the molecule is CC(C)Sc1ncnc2ccc(Br)cc12. The van der Waals surface area contributed by atoms with Gasteiger partial charge in [0.1, 0.15) is 11.4 Å². The maximum absolute atomic E-state index is 4.32. The summed E-state index contributed by atoms with van der Waals surface area (Å²) in [5, 5.41) is 2.70. The van der Waals surface area contributed by atoms with Crippen molar-refractivity contribution in [1.82, 2.24) is 9.97 Å². The summed E-state index contributed by atoms with van der Waals surface area (Å²) in [5.41, 5.74) is 0.997. The van der Waals surface area contributed by atoms with E-state index in [0.717, 1.165) is 20.4 Å². The molecule has 0 bridgehead atoms. The predicted molar refractivity (Wildman–Crippen MR) is 68.2 cm³/mol. The van der Waals surface area contributed by atoms with Crippen molar-refractivity contribution in [3.8, 4) is 0 Å². The van der Waals surface area contributed by atoms with Crippen LogP contribution < -0.4 is 0 Å². The Morgan fingerprint density at radius 2 is 2.07 bits per heavy atom. The number of rotatable bonds is 2. The van der Waals surface area contributed by atoms with Gasteiger partial charge in [0.05, 0.1) is 5.52 Å². The summed E-state index contributed by atoms with van der Waals surface area (Å²) in [6.07, 6.45) is 1.63. The Hall–Kier alpha value is -0.610. The minimum absolute atomic E-state index is 0.530. The van der Waals surface area contributed by atoms with Crippen molar-refractivity contribution in [2.45, 2.75) is 24.1 Å². The second-order valence-corrected chi connectivity index (χ2v) is 5.99. The molecular formula is C11H11BrN2S. The first-order valence-electron chi connectivity index (χ1n) is 4.74. The van der Waals surface area contributed by atoms with Crippen molar-refractivity contribution in [2.24, 2.45) is 0 Å². The van der Waals surface area contributed by atoms with E-state index in [0.29, 0.717) is 5.25 Å². The second-order valence-electron chi connectivity index (χ2n) is 3.51. The largest absolute Gasteiger partial charge is 0.236 e. The van der Waals surface area contributed by atoms with Gasteiger partial charge in [0.15, 0.2) is 0 Å². The van der Waals surface area contributed by atoms with Gasteiger partial charge in [0, 0.05) is 15.1 Å². The molecule has 0 unspecified atom stereocenters. The molecule has 0 fully saturated rings. The van der Waals surface area contributed by atoms with Gasteiger partial charge in [-0.05, 0) is 18.2 Å². The molecule has 1 aromatic carbocycles. The molecule has 0 saturated heterocycles. The molecule has 0 saturated carbocycles. The summed E-state index contributed by atoms with van der Waals surface area (Å²) in [7, 11) is 0. The summed E-state index contributed by atoms with van der Waals surface area (Å²) >= 11 is 5.23. The molecule has 2 nitrogen and oxygen atoms in total. The van der Waals surface area contributed by atoms with Crippen molar-refractivity contribution in [2.75, 3.05) is 0 Å². The van der Waals surface area contributed by atoms with Gasteiger partial charge in [-0.25, -0.2) is 9.97 Å². The Bertz CT molecular complexity index is 485. The Kier molecular flexibility index (Phi) is 3.26. The van der Waals surface area contributed by atoms with Crippen LogP contribution >= 0.6 is 27.7 Å². The molecule has 0 amide bonds. The molecule has 78 valence electrons. The molecule has 1 heterocycles. The van der Waals surface area contributed by atoms with E-state index in [1.54, 1.807) is 18.1 Å². The quantitative estimate of drug-likeness (QED) is 0.617. The first-order valence-corrected chi connectivity index (χ1v) is 6.41. The van der Waals surface area contributed by atoms with E-state index in [4.69, 9.17) is 0 Å². The second kappa shape index (κ2) is 4.49. The highest BCUT2D eigenvalue weighted by Crippen LogP contribution is 2.29. The number of benzene rings is 1. The molecule has 2 rings (SSSR count). The van der Waals surface area contributed by atoms with E-state index in [2.05, 4.69) is 45.8 Å². The smallest absolute Gasteiger partial charge is 0.117 e. The summed E-state index contributed by atoms with van der Waals surface area (Å²) < 4.78 is 1.07. The number of halogens is 1. The molecule has 4 heteroatoms. The molecule has 0 aliphatic carbocycles. The number of fused-ring (bicyclic) bond motifs is 1. The van der Waals surface area contributed by atoms with Crippen molar-refractivity contribution in [3.63, 3.8) is 0 Å². The molecule has 0 N–H and O–H groups in total. The Labute approximate surface area is 102 Å². The van der Waals surface area contributed by atoms with Crippen molar-refractivity contribution < 1.29 is 0 Å². The van der Waals surface area contributed by atoms with Gasteiger partial charge in [0.2, 0.25) is 0 Å². The topological polar surface area (TPSA) is 25.8 Å². The zero-order valence-electron chi connectivity index (χ0n) is 8.57. The van der Waals surface area contributed by atoms with Crippen LogP contribution in [0.5, 0.6) is 0 Å². The number of aromatic nitrogens is 2. The highest BCUT2D eigenvalue weighted by atomic mass is 79.9. The van der Waals surface area contributed by atoms with Crippen LogP contribution in [-0.2, 0) is 0 Å². The molecule has 0 atom stereocenters. The normalized spacial score (nSPS) is 11.2. The van der Waals surface area contributed by atoms with Gasteiger partial charge >= 0.3 is 0 Å². The lowest BCUT2D eigenvalue weighted by atomic mass is 10.2. The standard InChI is InChI=1S/C11H11BrN2S/c1-7(2)15-11-9-5-8(12)3-4-10(9)13-6-14-11/h3-7H,1-2H3. The van der Waals surface area contributed by atoms with Crippen LogP contribution in [0.15, 0.2) is 34.0 Å². The Morgan fingerprint density at radius 3 is 2.80 bits per heavy atom. The van der Waals surface area contributed by atoms with Crippen LogP contribution in [0.3, 0.4) is 0 Å². The maximum atomic E-state index is 4.32. The van der Waals surface area contributed by atoms with Gasteiger partial charge in [0.25, 0.3) is 0 Å². The third-order valence-electron chi connectivity index (χ3n) is 1.91. The summed E-state index contributed by atoms with van der Waals surface area (Å²) in [6.45, 7) is 4.33. The van der Waals surface area contributed by atoms with E-state index in [1.165, 1.54) is 0 Å². The molecular weight excluding hydrogens is 272 g/mol. The predicted octanol–water partition coefficient (Wildman–Crippen LogP) is 3.89. The highest BCUT2D eigenvalue weighted by Gasteiger charge is 2.06. The van der Waals surface area contributed by atoms with Crippen LogP contribution in [0.4, 0.5) is 0 Å². The fourth-order valence-corrected chi connectivity index (χ4v) is 2.53. The zero-order valence-corrected chi connectivity index (χ0v) is 11.0.